The molecule has 0 amide bonds. The van der Waals surface area contributed by atoms with Gasteiger partial charge in [-0.2, -0.15) is 0 Å². The van der Waals surface area contributed by atoms with Gasteiger partial charge in [0.25, 0.3) is 0 Å². The number of esters is 1. The third-order valence-electron chi connectivity index (χ3n) is 1.54. The topological polar surface area (TPSA) is 48.1 Å². The molecule has 1 aliphatic rings. The van der Waals surface area contributed by atoms with E-state index in [1.165, 1.54) is 0 Å². The number of thiol groups is 1. The van der Waals surface area contributed by atoms with E-state index in [-0.39, 0.29) is 5.97 Å². The summed E-state index contributed by atoms with van der Waals surface area (Å²) in [5.41, 5.74) is -0.664. The minimum Gasteiger partial charge on any atom is -0.463 e. The van der Waals surface area contributed by atoms with E-state index in [2.05, 4.69) is 11.7 Å². The van der Waals surface area contributed by atoms with Gasteiger partial charge in [-0.15, -0.1) is 0 Å². The normalized spacial score (nSPS) is 26.6. The molecular formula is C6H11O4PS2. The molecule has 2 atom stereocenters. The van der Waals surface area contributed by atoms with Gasteiger partial charge >= 0.3 is 5.97 Å². The fraction of sp³-hybridized carbons (Fsp3) is 0.833. The molecule has 76 valence electrons. The highest BCUT2D eigenvalue weighted by Gasteiger charge is 2.48. The molecule has 0 radical (unpaired) electrons. The van der Waals surface area contributed by atoms with E-state index in [1.54, 1.807) is 6.92 Å². The fourth-order valence-corrected chi connectivity index (χ4v) is 1.84. The lowest BCUT2D eigenvalue weighted by Gasteiger charge is -2.05. The van der Waals surface area contributed by atoms with Gasteiger partial charge < -0.3 is 9.47 Å². The average molecular weight is 242 g/mol. The van der Waals surface area contributed by atoms with Gasteiger partial charge in [-0.05, 0) is 6.92 Å². The first kappa shape index (κ1) is 11.6. The lowest BCUT2D eigenvalue weighted by molar-refractivity contribution is -0.148. The van der Waals surface area contributed by atoms with Crippen molar-refractivity contribution in [2.24, 2.45) is 0 Å². The van der Waals surface area contributed by atoms with Crippen molar-refractivity contribution < 1.29 is 18.2 Å². The van der Waals surface area contributed by atoms with Crippen molar-refractivity contribution >= 4 is 37.5 Å². The molecule has 2 unspecified atom stereocenters. The predicted octanol–water partition coefficient (Wildman–Crippen LogP) is 1.42. The van der Waals surface area contributed by atoms with Gasteiger partial charge in [-0.3, -0.25) is 3.97 Å². The van der Waals surface area contributed by atoms with Crippen LogP contribution in [0.1, 0.15) is 6.92 Å². The number of hydrogen-bond acceptors (Lipinski definition) is 6. The SMILES string of the molecule is CC1(C(=O)OCCPOSS)CO1. The molecule has 0 N–H and O–H groups in total. The molecule has 0 aromatic rings. The van der Waals surface area contributed by atoms with Crippen LogP contribution >= 0.6 is 31.5 Å². The third-order valence-corrected chi connectivity index (χ3v) is 3.39. The van der Waals surface area contributed by atoms with Crippen LogP contribution in [-0.2, 0) is 18.2 Å². The first-order valence-corrected chi connectivity index (χ1v) is 6.61. The van der Waals surface area contributed by atoms with Crippen LogP contribution in [0.4, 0.5) is 0 Å². The number of hydrogen-bond donors (Lipinski definition) is 1. The number of epoxide rings is 1. The van der Waals surface area contributed by atoms with E-state index in [1.807, 2.05) is 0 Å². The van der Waals surface area contributed by atoms with Crippen molar-refractivity contribution in [1.82, 2.24) is 0 Å². The van der Waals surface area contributed by atoms with E-state index in [4.69, 9.17) is 13.4 Å². The third kappa shape index (κ3) is 4.04. The molecule has 1 rings (SSSR count). The zero-order chi connectivity index (χ0) is 9.73. The lowest BCUT2D eigenvalue weighted by Crippen LogP contribution is -2.24. The van der Waals surface area contributed by atoms with Crippen LogP contribution in [0.25, 0.3) is 0 Å². The molecule has 0 bridgehead atoms. The maximum Gasteiger partial charge on any atom is 0.340 e. The van der Waals surface area contributed by atoms with Crippen molar-refractivity contribution in [3.8, 4) is 0 Å². The molecule has 13 heavy (non-hydrogen) atoms. The van der Waals surface area contributed by atoms with Gasteiger partial charge in [0.1, 0.15) is 0 Å². The first-order valence-electron chi connectivity index (χ1n) is 3.70. The zero-order valence-corrected chi connectivity index (χ0v) is 9.82. The standard InChI is InChI=1S/C6H11O4PS2/c1-6(4-9-6)5(7)8-2-3-11-10-13-12/h11-12H,2-4H2,1H3. The number of ether oxygens (including phenoxy) is 2. The lowest BCUT2D eigenvalue weighted by atomic mass is 10.2. The molecular weight excluding hydrogens is 231 g/mol. The van der Waals surface area contributed by atoms with E-state index < -0.39 is 5.60 Å². The van der Waals surface area contributed by atoms with Crippen LogP contribution in [0.2, 0.25) is 0 Å². The number of carbonyl (C=O) groups excluding carboxylic acids is 1. The smallest absolute Gasteiger partial charge is 0.340 e. The molecule has 0 saturated carbocycles. The van der Waals surface area contributed by atoms with Crippen LogP contribution in [0.5, 0.6) is 0 Å². The van der Waals surface area contributed by atoms with E-state index >= 15 is 0 Å². The highest BCUT2D eigenvalue weighted by molar-refractivity contribution is 8.67. The quantitative estimate of drug-likeness (QED) is 0.145. The Morgan fingerprint density at radius 1 is 1.85 bits per heavy atom. The average Bonchev–Trinajstić information content (AvgIpc) is 2.84. The summed E-state index contributed by atoms with van der Waals surface area (Å²) < 4.78 is 14.8. The first-order chi connectivity index (χ1) is 6.19. The molecule has 7 heteroatoms. The Balaban J connectivity index is 1.96. The van der Waals surface area contributed by atoms with Gasteiger partial charge in [0.2, 0.25) is 0 Å². The summed E-state index contributed by atoms with van der Waals surface area (Å²) in [5, 5.41) is 0. The molecule has 0 aliphatic carbocycles. The second-order valence-electron chi connectivity index (χ2n) is 2.71. The molecule has 0 aromatic heterocycles. The van der Waals surface area contributed by atoms with Crippen LogP contribution in [0.3, 0.4) is 0 Å². The molecule has 1 aliphatic heterocycles. The maximum absolute atomic E-state index is 11.2. The monoisotopic (exact) mass is 242 g/mol. The van der Waals surface area contributed by atoms with E-state index in [0.29, 0.717) is 28.2 Å². The molecule has 0 aromatic carbocycles. The summed E-state index contributed by atoms with van der Waals surface area (Å²) in [4.78, 5) is 11.2. The minimum atomic E-state index is -0.664. The van der Waals surface area contributed by atoms with Gasteiger partial charge in [0, 0.05) is 15.0 Å². The van der Waals surface area contributed by atoms with E-state index in [9.17, 15) is 4.79 Å². The van der Waals surface area contributed by atoms with Crippen LogP contribution in [0, 0.1) is 0 Å². The number of rotatable bonds is 6. The van der Waals surface area contributed by atoms with Crippen LogP contribution in [-0.4, -0.2) is 30.9 Å². The summed E-state index contributed by atoms with van der Waals surface area (Å²) in [6, 6.07) is 0. The summed E-state index contributed by atoms with van der Waals surface area (Å²) in [7, 11) is 0.304. The van der Waals surface area contributed by atoms with Gasteiger partial charge in [-0.25, -0.2) is 4.79 Å². The van der Waals surface area contributed by atoms with Crippen LogP contribution < -0.4 is 0 Å². The maximum atomic E-state index is 11.2. The summed E-state index contributed by atoms with van der Waals surface area (Å²) in [6.45, 7) is 2.57. The molecule has 4 nitrogen and oxygen atoms in total. The van der Waals surface area contributed by atoms with Crippen molar-refractivity contribution in [3.63, 3.8) is 0 Å². The minimum absolute atomic E-state index is 0.282. The summed E-state index contributed by atoms with van der Waals surface area (Å²) in [5.74, 6) is -0.282. The summed E-state index contributed by atoms with van der Waals surface area (Å²) in [6.07, 6.45) is 0.704. The molecule has 1 heterocycles. The Hall–Kier alpha value is 0.520. The van der Waals surface area contributed by atoms with Crippen molar-refractivity contribution in [2.75, 3.05) is 19.4 Å². The summed E-state index contributed by atoms with van der Waals surface area (Å²) >= 11 is 4.81. The Labute approximate surface area is 87.9 Å². The van der Waals surface area contributed by atoms with Gasteiger partial charge in [-0.1, -0.05) is 11.7 Å². The second kappa shape index (κ2) is 5.41. The van der Waals surface area contributed by atoms with Crippen molar-refractivity contribution in [1.29, 1.82) is 0 Å². The Kier molecular flexibility index (Phi) is 4.83. The molecule has 1 fully saturated rings. The predicted molar refractivity (Wildman–Crippen MR) is 56.2 cm³/mol. The Morgan fingerprint density at radius 3 is 3.08 bits per heavy atom. The zero-order valence-electron chi connectivity index (χ0n) is 7.11. The largest absolute Gasteiger partial charge is 0.463 e. The Bertz CT molecular complexity index is 185. The highest BCUT2D eigenvalue weighted by atomic mass is 33.1. The molecule has 0 spiro atoms. The van der Waals surface area contributed by atoms with E-state index in [0.717, 1.165) is 11.1 Å². The molecule has 1 saturated heterocycles. The van der Waals surface area contributed by atoms with Crippen LogP contribution in [0.15, 0.2) is 0 Å². The number of carbonyl (C=O) groups is 1. The fourth-order valence-electron chi connectivity index (χ4n) is 0.632. The van der Waals surface area contributed by atoms with Crippen molar-refractivity contribution in [3.05, 3.63) is 0 Å². The Morgan fingerprint density at radius 2 is 2.54 bits per heavy atom. The highest BCUT2D eigenvalue weighted by Crippen LogP contribution is 2.28. The van der Waals surface area contributed by atoms with Crippen molar-refractivity contribution in [2.45, 2.75) is 12.5 Å². The van der Waals surface area contributed by atoms with Gasteiger partial charge in [0.05, 0.1) is 24.3 Å². The van der Waals surface area contributed by atoms with Gasteiger partial charge in [0.15, 0.2) is 5.60 Å². The second-order valence-corrected chi connectivity index (χ2v) is 4.76.